The van der Waals surface area contributed by atoms with E-state index in [-0.39, 0.29) is 16.7 Å². The summed E-state index contributed by atoms with van der Waals surface area (Å²) < 4.78 is 5.60. The van der Waals surface area contributed by atoms with Gasteiger partial charge < -0.3 is 15.2 Å². The number of ether oxygens (including phenoxy) is 1. The van der Waals surface area contributed by atoms with Gasteiger partial charge in [-0.25, -0.2) is 0 Å². The van der Waals surface area contributed by atoms with Gasteiger partial charge in [-0.15, -0.1) is 0 Å². The van der Waals surface area contributed by atoms with Gasteiger partial charge in [-0.1, -0.05) is 43.2 Å². The number of hydrogen-bond acceptors (Lipinski definition) is 5. The van der Waals surface area contributed by atoms with Gasteiger partial charge in [-0.05, 0) is 24.1 Å². The third-order valence-electron chi connectivity index (χ3n) is 3.69. The van der Waals surface area contributed by atoms with Gasteiger partial charge in [0.25, 0.3) is 0 Å². The number of nitrogens with one attached hydrogen (secondary N) is 2. The number of hydrogen-bond donors (Lipinski definition) is 3. The van der Waals surface area contributed by atoms with Crippen LogP contribution >= 0.6 is 11.3 Å². The molecule has 1 aromatic carbocycles. The maximum atomic E-state index is 11.6. The van der Waals surface area contributed by atoms with Crippen molar-refractivity contribution in [3.63, 3.8) is 0 Å². The van der Waals surface area contributed by atoms with Crippen LogP contribution in [0.5, 0.6) is 11.6 Å². The molecule has 3 N–H and O–H groups in total. The van der Waals surface area contributed by atoms with Crippen LogP contribution in [0.15, 0.2) is 29.1 Å². The molecule has 1 heterocycles. The van der Waals surface area contributed by atoms with Crippen molar-refractivity contribution in [1.29, 1.82) is 0 Å². The highest BCUT2D eigenvalue weighted by Crippen LogP contribution is 2.21. The van der Waals surface area contributed by atoms with E-state index in [1.165, 1.54) is 0 Å². The van der Waals surface area contributed by atoms with E-state index in [9.17, 15) is 14.7 Å². The standard InChI is InChI=1S/C18H24N2O4S/c1-2-3-4-5-16(21)19-10-11-24-14-8-6-13(7-9-14)12-15-17(22)20-18(23)25-15/h6-9,22H,2-5,10-12H2,1H3,(H,19,21)(H,20,23). The number of H-pyrrole nitrogens is 1. The first-order chi connectivity index (χ1) is 12.1. The predicted molar refractivity (Wildman–Crippen MR) is 98.5 cm³/mol. The molecule has 0 bridgehead atoms. The SMILES string of the molecule is CCCCCC(=O)NCCOc1ccc(Cc2sc(=O)[nH]c2O)cc1. The van der Waals surface area contributed by atoms with Gasteiger partial charge in [0, 0.05) is 12.8 Å². The zero-order valence-corrected chi connectivity index (χ0v) is 15.2. The summed E-state index contributed by atoms with van der Waals surface area (Å²) in [6.45, 7) is 3.01. The van der Waals surface area contributed by atoms with Crippen molar-refractivity contribution < 1.29 is 14.6 Å². The molecule has 0 saturated heterocycles. The number of aromatic hydroxyl groups is 1. The van der Waals surface area contributed by atoms with E-state index in [0.717, 1.165) is 41.9 Å². The number of benzene rings is 1. The van der Waals surface area contributed by atoms with Crippen LogP contribution in [-0.2, 0) is 11.2 Å². The molecule has 7 heteroatoms. The number of aromatic amines is 1. The van der Waals surface area contributed by atoms with Crippen LogP contribution in [0.1, 0.15) is 43.0 Å². The van der Waals surface area contributed by atoms with Crippen molar-refractivity contribution in [3.05, 3.63) is 44.4 Å². The fraction of sp³-hybridized carbons (Fsp3) is 0.444. The summed E-state index contributed by atoms with van der Waals surface area (Å²) in [5.74, 6) is 0.721. The lowest BCUT2D eigenvalue weighted by molar-refractivity contribution is -0.121. The summed E-state index contributed by atoms with van der Waals surface area (Å²) in [5, 5.41) is 12.4. The number of unbranched alkanes of at least 4 members (excludes halogenated alkanes) is 2. The highest BCUT2D eigenvalue weighted by atomic mass is 32.1. The second-order valence-electron chi connectivity index (χ2n) is 5.76. The first kappa shape index (κ1) is 19.1. The smallest absolute Gasteiger partial charge is 0.307 e. The van der Waals surface area contributed by atoms with E-state index in [0.29, 0.717) is 30.9 Å². The van der Waals surface area contributed by atoms with Crippen LogP contribution in [0.4, 0.5) is 0 Å². The molecule has 0 aliphatic heterocycles. The van der Waals surface area contributed by atoms with Crippen LogP contribution < -0.4 is 14.9 Å². The number of aromatic nitrogens is 1. The molecule has 2 rings (SSSR count). The molecule has 0 radical (unpaired) electrons. The van der Waals surface area contributed by atoms with E-state index in [1.54, 1.807) is 0 Å². The minimum atomic E-state index is -0.260. The van der Waals surface area contributed by atoms with Crippen LogP contribution in [-0.4, -0.2) is 29.1 Å². The molecule has 1 aromatic heterocycles. The highest BCUT2D eigenvalue weighted by molar-refractivity contribution is 7.09. The topological polar surface area (TPSA) is 91.4 Å². The van der Waals surface area contributed by atoms with Crippen molar-refractivity contribution in [3.8, 4) is 11.6 Å². The van der Waals surface area contributed by atoms with Crippen LogP contribution in [0, 0.1) is 0 Å². The molecule has 0 atom stereocenters. The fourth-order valence-corrected chi connectivity index (χ4v) is 3.10. The Morgan fingerprint density at radius 1 is 1.28 bits per heavy atom. The van der Waals surface area contributed by atoms with E-state index in [2.05, 4.69) is 17.2 Å². The van der Waals surface area contributed by atoms with Gasteiger partial charge in [0.15, 0.2) is 0 Å². The monoisotopic (exact) mass is 364 g/mol. The minimum absolute atomic E-state index is 0.0648. The fourth-order valence-electron chi connectivity index (χ4n) is 2.34. The highest BCUT2D eigenvalue weighted by Gasteiger charge is 2.07. The zero-order valence-electron chi connectivity index (χ0n) is 14.3. The first-order valence-corrected chi connectivity index (χ1v) is 9.29. The molecule has 0 unspecified atom stereocenters. The molecule has 0 saturated carbocycles. The van der Waals surface area contributed by atoms with Gasteiger partial charge in [0.2, 0.25) is 11.8 Å². The Hall–Kier alpha value is -2.28. The Morgan fingerprint density at radius 2 is 2.04 bits per heavy atom. The maximum Gasteiger partial charge on any atom is 0.307 e. The summed E-state index contributed by atoms with van der Waals surface area (Å²) in [4.78, 5) is 25.5. The van der Waals surface area contributed by atoms with Crippen molar-refractivity contribution in [2.45, 2.75) is 39.0 Å². The molecule has 2 aromatic rings. The normalized spacial score (nSPS) is 10.6. The van der Waals surface area contributed by atoms with Crippen molar-refractivity contribution in [2.75, 3.05) is 13.2 Å². The minimum Gasteiger partial charge on any atom is -0.494 e. The van der Waals surface area contributed by atoms with Crippen molar-refractivity contribution in [1.82, 2.24) is 10.3 Å². The molecule has 0 aliphatic carbocycles. The molecule has 0 aliphatic rings. The number of carbonyl (C=O) groups is 1. The van der Waals surface area contributed by atoms with Gasteiger partial charge in [0.1, 0.15) is 12.4 Å². The Bertz CT molecular complexity index is 721. The second kappa shape index (κ2) is 9.88. The summed E-state index contributed by atoms with van der Waals surface area (Å²) in [6, 6.07) is 7.46. The molecule has 0 spiro atoms. The summed E-state index contributed by atoms with van der Waals surface area (Å²) >= 11 is 1.01. The Labute approximate surface area is 150 Å². The van der Waals surface area contributed by atoms with E-state index < -0.39 is 0 Å². The molecular formula is C18H24N2O4S. The Balaban J connectivity index is 1.71. The maximum absolute atomic E-state index is 11.6. The molecule has 136 valence electrons. The number of amides is 1. The number of rotatable bonds is 10. The predicted octanol–water partition coefficient (Wildman–Crippen LogP) is 2.81. The second-order valence-corrected chi connectivity index (χ2v) is 6.83. The Kier molecular flexibility index (Phi) is 7.53. The zero-order chi connectivity index (χ0) is 18.1. The third kappa shape index (κ3) is 6.62. The summed E-state index contributed by atoms with van der Waals surface area (Å²) in [5.41, 5.74) is 0.974. The van der Waals surface area contributed by atoms with Crippen LogP contribution in [0.2, 0.25) is 0 Å². The molecule has 0 fully saturated rings. The number of thiazole rings is 1. The van der Waals surface area contributed by atoms with Gasteiger partial charge >= 0.3 is 4.87 Å². The molecule has 6 nitrogen and oxygen atoms in total. The lowest BCUT2D eigenvalue weighted by Crippen LogP contribution is -2.27. The van der Waals surface area contributed by atoms with E-state index in [1.807, 2.05) is 24.3 Å². The van der Waals surface area contributed by atoms with E-state index >= 15 is 0 Å². The van der Waals surface area contributed by atoms with Crippen LogP contribution in [0.25, 0.3) is 0 Å². The third-order valence-corrected chi connectivity index (χ3v) is 4.56. The molecule has 1 amide bonds. The lowest BCUT2D eigenvalue weighted by atomic mass is 10.1. The average molecular weight is 364 g/mol. The first-order valence-electron chi connectivity index (χ1n) is 8.48. The summed E-state index contributed by atoms with van der Waals surface area (Å²) in [6.07, 6.45) is 4.17. The van der Waals surface area contributed by atoms with Crippen molar-refractivity contribution >= 4 is 17.2 Å². The Morgan fingerprint density at radius 3 is 2.68 bits per heavy atom. The van der Waals surface area contributed by atoms with Crippen molar-refractivity contribution in [2.24, 2.45) is 0 Å². The summed E-state index contributed by atoms with van der Waals surface area (Å²) in [7, 11) is 0. The van der Waals surface area contributed by atoms with Gasteiger partial charge in [-0.3, -0.25) is 14.6 Å². The average Bonchev–Trinajstić information content (AvgIpc) is 2.90. The largest absolute Gasteiger partial charge is 0.494 e. The van der Waals surface area contributed by atoms with Gasteiger partial charge in [-0.2, -0.15) is 0 Å². The van der Waals surface area contributed by atoms with Gasteiger partial charge in [0.05, 0.1) is 11.4 Å². The number of carbonyl (C=O) groups excluding carboxylic acids is 1. The quantitative estimate of drug-likeness (QED) is 0.565. The molecular weight excluding hydrogens is 340 g/mol. The molecule has 25 heavy (non-hydrogen) atoms. The lowest BCUT2D eigenvalue weighted by Gasteiger charge is -2.08. The van der Waals surface area contributed by atoms with E-state index in [4.69, 9.17) is 4.74 Å². The van der Waals surface area contributed by atoms with Crippen LogP contribution in [0.3, 0.4) is 0 Å².